The first-order valence-electron chi connectivity index (χ1n) is 30.1. The molecule has 0 heterocycles. The number of amides is 1. The summed E-state index contributed by atoms with van der Waals surface area (Å²) in [6, 6.07) is -0.544. The van der Waals surface area contributed by atoms with Gasteiger partial charge in [0.25, 0.3) is 0 Å². The van der Waals surface area contributed by atoms with Gasteiger partial charge in [-0.1, -0.05) is 263 Å². The number of nitrogens with one attached hydrogen (secondary N) is 1. The van der Waals surface area contributed by atoms with Crippen LogP contribution in [0, 0.1) is 0 Å². The van der Waals surface area contributed by atoms with E-state index >= 15 is 0 Å². The van der Waals surface area contributed by atoms with Crippen LogP contribution in [0.5, 0.6) is 0 Å². The molecule has 0 fully saturated rings. The van der Waals surface area contributed by atoms with Gasteiger partial charge in [0.15, 0.2) is 0 Å². The van der Waals surface area contributed by atoms with Gasteiger partial charge in [0.2, 0.25) is 5.91 Å². The first-order valence-corrected chi connectivity index (χ1v) is 30.1. The number of hydrogen-bond acceptors (Lipinski definition) is 5. The number of carbonyl (C=O) groups excluding carboxylic acids is 2. The lowest BCUT2D eigenvalue weighted by molar-refractivity contribution is -0.143. The lowest BCUT2D eigenvalue weighted by Crippen LogP contribution is -2.45. The van der Waals surface area contributed by atoms with Gasteiger partial charge in [-0.15, -0.1) is 0 Å². The summed E-state index contributed by atoms with van der Waals surface area (Å²) in [5, 5.41) is 23.1. The van der Waals surface area contributed by atoms with Crippen molar-refractivity contribution in [2.24, 2.45) is 0 Å². The Labute approximate surface area is 418 Å². The van der Waals surface area contributed by atoms with Gasteiger partial charge < -0.3 is 20.3 Å². The average Bonchev–Trinajstić information content (AvgIpc) is 3.33. The van der Waals surface area contributed by atoms with Crippen molar-refractivity contribution in [1.82, 2.24) is 5.32 Å². The highest BCUT2D eigenvalue weighted by Crippen LogP contribution is 2.17. The molecule has 67 heavy (non-hydrogen) atoms. The molecule has 0 aliphatic carbocycles. The first kappa shape index (κ1) is 65.3. The molecule has 0 bridgehead atoms. The summed E-state index contributed by atoms with van der Waals surface area (Å²) in [5.41, 5.74) is 0. The van der Waals surface area contributed by atoms with Crippen LogP contribution in [-0.4, -0.2) is 47.4 Å². The summed E-state index contributed by atoms with van der Waals surface area (Å²) in [6.07, 6.45) is 69.0. The number of hydrogen-bond donors (Lipinski definition) is 3. The minimum Gasteiger partial charge on any atom is -0.466 e. The lowest BCUT2D eigenvalue weighted by Gasteiger charge is -2.22. The van der Waals surface area contributed by atoms with Crippen molar-refractivity contribution in [3.05, 3.63) is 24.3 Å². The second-order valence-electron chi connectivity index (χ2n) is 20.7. The molecular formula is C61H117NO5. The predicted molar refractivity (Wildman–Crippen MR) is 292 cm³/mol. The van der Waals surface area contributed by atoms with E-state index in [-0.39, 0.29) is 18.5 Å². The molecule has 0 spiro atoms. The number of ether oxygens (including phenoxy) is 1. The molecule has 0 rings (SSSR count). The van der Waals surface area contributed by atoms with Crippen LogP contribution in [0.15, 0.2) is 24.3 Å². The monoisotopic (exact) mass is 944 g/mol. The Morgan fingerprint density at radius 3 is 1.06 bits per heavy atom. The van der Waals surface area contributed by atoms with E-state index in [0.717, 1.165) is 44.9 Å². The maximum atomic E-state index is 12.4. The van der Waals surface area contributed by atoms with Crippen LogP contribution in [0.3, 0.4) is 0 Å². The van der Waals surface area contributed by atoms with Crippen LogP contribution in [0.4, 0.5) is 0 Å². The Morgan fingerprint density at radius 1 is 0.403 bits per heavy atom. The van der Waals surface area contributed by atoms with Crippen molar-refractivity contribution in [3.63, 3.8) is 0 Å². The van der Waals surface area contributed by atoms with Gasteiger partial charge >= 0.3 is 5.97 Å². The van der Waals surface area contributed by atoms with Gasteiger partial charge in [-0.25, -0.2) is 0 Å². The first-order chi connectivity index (χ1) is 33.0. The van der Waals surface area contributed by atoms with Crippen LogP contribution < -0.4 is 5.32 Å². The number of aliphatic hydroxyl groups excluding tert-OH is 2. The Morgan fingerprint density at radius 2 is 0.701 bits per heavy atom. The SMILES string of the molecule is CCCCCCCC/C=C\CCCCCCCCCC(=O)OCCCCCCCCCCCCCC/C=C\CCCCCCCCCC(=O)NC(CO)C(O)CCCCCCCCCCCC. The second-order valence-corrected chi connectivity index (χ2v) is 20.7. The molecule has 0 aromatic rings. The van der Waals surface area contributed by atoms with Crippen LogP contribution in [0.1, 0.15) is 328 Å². The predicted octanol–water partition coefficient (Wildman–Crippen LogP) is 18.6. The lowest BCUT2D eigenvalue weighted by atomic mass is 10.0. The van der Waals surface area contributed by atoms with Crippen LogP contribution >= 0.6 is 0 Å². The smallest absolute Gasteiger partial charge is 0.305 e. The zero-order valence-electron chi connectivity index (χ0n) is 45.1. The maximum absolute atomic E-state index is 12.4. The fourth-order valence-corrected chi connectivity index (χ4v) is 9.34. The van der Waals surface area contributed by atoms with Crippen molar-refractivity contribution in [1.29, 1.82) is 0 Å². The fraction of sp³-hybridized carbons (Fsp3) is 0.902. The fourth-order valence-electron chi connectivity index (χ4n) is 9.34. The van der Waals surface area contributed by atoms with Crippen LogP contribution in [-0.2, 0) is 14.3 Å². The summed E-state index contributed by atoms with van der Waals surface area (Å²) in [6.45, 7) is 4.94. The summed E-state index contributed by atoms with van der Waals surface area (Å²) < 4.78 is 5.49. The molecule has 2 atom stereocenters. The summed E-state index contributed by atoms with van der Waals surface area (Å²) in [5.74, 6) is -0.0341. The quantitative estimate of drug-likeness (QED) is 0.0321. The molecule has 0 radical (unpaired) electrons. The molecule has 6 nitrogen and oxygen atoms in total. The Hall–Kier alpha value is -1.66. The largest absolute Gasteiger partial charge is 0.466 e. The van der Waals surface area contributed by atoms with Gasteiger partial charge in [-0.05, 0) is 77.0 Å². The van der Waals surface area contributed by atoms with E-state index in [4.69, 9.17) is 4.74 Å². The molecular weight excluding hydrogens is 827 g/mol. The molecule has 0 saturated heterocycles. The van der Waals surface area contributed by atoms with Crippen molar-refractivity contribution < 1.29 is 24.5 Å². The van der Waals surface area contributed by atoms with E-state index in [0.29, 0.717) is 25.9 Å². The molecule has 396 valence electrons. The highest BCUT2D eigenvalue weighted by molar-refractivity contribution is 5.76. The third-order valence-corrected chi connectivity index (χ3v) is 14.0. The number of carbonyl (C=O) groups is 2. The average molecular weight is 945 g/mol. The standard InChI is InChI=1S/C61H117NO5/c1-3-5-7-9-11-13-15-16-17-25-29-32-35-39-43-47-51-55-61(66)67-56-52-48-44-40-36-33-30-27-24-22-20-18-19-21-23-26-28-31-34-38-42-46-50-54-60(65)62-58(57-63)59(64)53-49-45-41-37-14-12-10-8-6-4-2/h16-17,21,23,58-59,63-64H,3-15,18-20,22,24-57H2,1-2H3,(H,62,65)/b17-16-,23-21-. The normalized spacial score (nSPS) is 12.7. The molecule has 1 amide bonds. The van der Waals surface area contributed by atoms with Gasteiger partial charge in [0, 0.05) is 12.8 Å². The Balaban J connectivity index is 3.37. The number of aliphatic hydroxyl groups is 2. The Kier molecular flexibility index (Phi) is 55.5. The summed E-state index contributed by atoms with van der Waals surface area (Å²) in [7, 11) is 0. The highest BCUT2D eigenvalue weighted by Gasteiger charge is 2.20. The van der Waals surface area contributed by atoms with Crippen molar-refractivity contribution in [2.75, 3.05) is 13.2 Å². The zero-order chi connectivity index (χ0) is 48.6. The minimum absolute atomic E-state index is 0.00828. The second kappa shape index (κ2) is 56.9. The molecule has 0 aliphatic heterocycles. The number of unbranched alkanes of at least 4 members (excludes halogenated alkanes) is 41. The number of allylic oxidation sites excluding steroid dienone is 4. The van der Waals surface area contributed by atoms with E-state index in [1.807, 2.05) is 0 Å². The van der Waals surface area contributed by atoms with Crippen LogP contribution in [0.2, 0.25) is 0 Å². The molecule has 6 heteroatoms. The molecule has 0 aliphatic rings. The third kappa shape index (κ3) is 53.5. The van der Waals surface area contributed by atoms with E-state index < -0.39 is 12.1 Å². The van der Waals surface area contributed by atoms with Gasteiger partial charge in [-0.3, -0.25) is 9.59 Å². The van der Waals surface area contributed by atoms with E-state index in [1.54, 1.807) is 0 Å². The number of rotatable bonds is 56. The van der Waals surface area contributed by atoms with E-state index in [1.165, 1.54) is 250 Å². The van der Waals surface area contributed by atoms with Gasteiger partial charge in [0.05, 0.1) is 25.4 Å². The van der Waals surface area contributed by atoms with Crippen molar-refractivity contribution in [2.45, 2.75) is 341 Å². The Bertz CT molecular complexity index is 1040. The molecule has 2 unspecified atom stereocenters. The number of esters is 1. The summed E-state index contributed by atoms with van der Waals surface area (Å²) in [4.78, 5) is 24.5. The maximum Gasteiger partial charge on any atom is 0.305 e. The minimum atomic E-state index is -0.666. The van der Waals surface area contributed by atoms with E-state index in [9.17, 15) is 19.8 Å². The zero-order valence-corrected chi connectivity index (χ0v) is 45.1. The summed E-state index contributed by atoms with van der Waals surface area (Å²) >= 11 is 0. The van der Waals surface area contributed by atoms with E-state index in [2.05, 4.69) is 43.5 Å². The molecule has 0 aromatic carbocycles. The topological polar surface area (TPSA) is 95.9 Å². The highest BCUT2D eigenvalue weighted by atomic mass is 16.5. The van der Waals surface area contributed by atoms with Gasteiger partial charge in [0.1, 0.15) is 0 Å². The van der Waals surface area contributed by atoms with Crippen LogP contribution in [0.25, 0.3) is 0 Å². The molecule has 0 aromatic heterocycles. The third-order valence-electron chi connectivity index (χ3n) is 14.0. The molecule has 0 saturated carbocycles. The molecule has 3 N–H and O–H groups in total. The van der Waals surface area contributed by atoms with Crippen molar-refractivity contribution in [3.8, 4) is 0 Å². The van der Waals surface area contributed by atoms with Crippen molar-refractivity contribution >= 4 is 11.9 Å². The van der Waals surface area contributed by atoms with Gasteiger partial charge in [-0.2, -0.15) is 0 Å².